The summed E-state index contributed by atoms with van der Waals surface area (Å²) in [5, 5.41) is 15.7. The van der Waals surface area contributed by atoms with E-state index in [4.69, 9.17) is 0 Å². The van der Waals surface area contributed by atoms with Crippen molar-refractivity contribution < 1.29 is 18.3 Å². The van der Waals surface area contributed by atoms with Crippen molar-refractivity contribution in [2.24, 2.45) is 5.92 Å². The molecule has 2 unspecified atom stereocenters. The molecule has 2 aliphatic rings. The zero-order valence-electron chi connectivity index (χ0n) is 15.7. The Morgan fingerprint density at radius 3 is 2.67 bits per heavy atom. The molecule has 1 aromatic carbocycles. The van der Waals surface area contributed by atoms with Crippen LogP contribution in [0.1, 0.15) is 42.5 Å². The summed E-state index contributed by atoms with van der Waals surface area (Å²) in [6.45, 7) is 1.54. The van der Waals surface area contributed by atoms with Crippen molar-refractivity contribution in [1.82, 2.24) is 14.9 Å². The average molecular weight is 396 g/mol. The maximum absolute atomic E-state index is 13.0. The lowest BCUT2D eigenvalue weighted by Crippen LogP contribution is -2.38. The predicted molar refractivity (Wildman–Crippen MR) is 103 cm³/mol. The summed E-state index contributed by atoms with van der Waals surface area (Å²) < 4.78 is 27.4. The van der Waals surface area contributed by atoms with Crippen molar-refractivity contribution in [3.63, 3.8) is 0 Å². The van der Waals surface area contributed by atoms with Crippen molar-refractivity contribution in [3.05, 3.63) is 29.8 Å². The smallest absolute Gasteiger partial charge is 0.251 e. The van der Waals surface area contributed by atoms with Crippen LogP contribution in [0.25, 0.3) is 0 Å². The molecule has 3 N–H and O–H groups in total. The van der Waals surface area contributed by atoms with Gasteiger partial charge in [0.2, 0.25) is 10.0 Å². The topological polar surface area (TPSA) is 98.7 Å². The maximum atomic E-state index is 13.0. The van der Waals surface area contributed by atoms with Gasteiger partial charge in [-0.2, -0.15) is 4.31 Å². The number of sulfonamides is 1. The lowest BCUT2D eigenvalue weighted by atomic mass is 9.96. The molecule has 1 aliphatic carbocycles. The highest BCUT2D eigenvalue weighted by molar-refractivity contribution is 7.89. The molecule has 1 aliphatic heterocycles. The van der Waals surface area contributed by atoms with E-state index in [1.807, 2.05) is 0 Å². The lowest BCUT2D eigenvalue weighted by molar-refractivity contribution is 0.0927. The van der Waals surface area contributed by atoms with E-state index in [-0.39, 0.29) is 22.8 Å². The van der Waals surface area contributed by atoms with Gasteiger partial charge in [0.15, 0.2) is 0 Å². The van der Waals surface area contributed by atoms with Crippen LogP contribution in [0, 0.1) is 5.92 Å². The molecule has 1 aromatic rings. The molecular formula is C19H29N3O4S. The van der Waals surface area contributed by atoms with E-state index in [2.05, 4.69) is 10.6 Å². The van der Waals surface area contributed by atoms with Crippen LogP contribution in [-0.4, -0.2) is 62.6 Å². The first kappa shape index (κ1) is 20.3. The quantitative estimate of drug-likeness (QED) is 0.666. The summed E-state index contributed by atoms with van der Waals surface area (Å²) in [5.74, 6) is -0.357. The van der Waals surface area contributed by atoms with Gasteiger partial charge in [-0.15, -0.1) is 0 Å². The Morgan fingerprint density at radius 2 is 2.00 bits per heavy atom. The number of hydrogen-bond donors (Lipinski definition) is 3. The Balaban J connectivity index is 1.69. The second kappa shape index (κ2) is 8.68. The molecule has 0 bridgehead atoms. The third-order valence-electron chi connectivity index (χ3n) is 5.69. The molecular weight excluding hydrogens is 366 g/mol. The van der Waals surface area contributed by atoms with Gasteiger partial charge in [0.1, 0.15) is 0 Å². The van der Waals surface area contributed by atoms with Crippen molar-refractivity contribution in [3.8, 4) is 0 Å². The van der Waals surface area contributed by atoms with E-state index < -0.39 is 16.1 Å². The number of aliphatic hydroxyl groups excluding tert-OH is 1. The van der Waals surface area contributed by atoms with Gasteiger partial charge in [-0.25, -0.2) is 8.42 Å². The number of β-amino-alcohol motifs (C(OH)–C–C–N with tert-alkyl or cyclic N) is 1. The standard InChI is InChI=1S/C19H29N3O4S/c1-22(16-7-3-2-4-8-16)27(25,26)17-9-5-6-14(10-17)19(24)21-12-15-11-20-13-18(15)23/h5-6,9-10,15-16,18,20,23H,2-4,7-8,11-13H2,1H3,(H,21,24). The Morgan fingerprint density at radius 1 is 1.26 bits per heavy atom. The monoisotopic (exact) mass is 395 g/mol. The van der Waals surface area contributed by atoms with Gasteiger partial charge in [0, 0.05) is 44.2 Å². The number of aliphatic hydroxyl groups is 1. The van der Waals surface area contributed by atoms with Gasteiger partial charge in [0.05, 0.1) is 11.0 Å². The summed E-state index contributed by atoms with van der Waals surface area (Å²) in [6.07, 6.45) is 4.55. The summed E-state index contributed by atoms with van der Waals surface area (Å²) in [7, 11) is -2.00. The van der Waals surface area contributed by atoms with Crippen LogP contribution in [0.4, 0.5) is 0 Å². The van der Waals surface area contributed by atoms with Gasteiger partial charge in [-0.3, -0.25) is 4.79 Å². The summed E-state index contributed by atoms with van der Waals surface area (Å²) in [6, 6.07) is 6.21. The molecule has 0 radical (unpaired) electrons. The summed E-state index contributed by atoms with van der Waals surface area (Å²) in [5.41, 5.74) is 0.313. The van der Waals surface area contributed by atoms with Crippen molar-refractivity contribution in [1.29, 1.82) is 0 Å². The number of nitrogens with zero attached hydrogens (tertiary/aromatic N) is 1. The summed E-state index contributed by atoms with van der Waals surface area (Å²) in [4.78, 5) is 12.6. The first-order chi connectivity index (χ1) is 12.9. The van der Waals surface area contributed by atoms with E-state index >= 15 is 0 Å². The number of rotatable bonds is 6. The van der Waals surface area contributed by atoms with Crippen LogP contribution in [0.5, 0.6) is 0 Å². The van der Waals surface area contributed by atoms with E-state index in [0.29, 0.717) is 25.2 Å². The van der Waals surface area contributed by atoms with E-state index in [1.54, 1.807) is 19.2 Å². The lowest BCUT2D eigenvalue weighted by Gasteiger charge is -2.30. The highest BCUT2D eigenvalue weighted by atomic mass is 32.2. The van der Waals surface area contributed by atoms with Gasteiger partial charge >= 0.3 is 0 Å². The van der Waals surface area contributed by atoms with Crippen LogP contribution in [0.2, 0.25) is 0 Å². The Hall–Kier alpha value is -1.48. The molecule has 2 fully saturated rings. The summed E-state index contributed by atoms with van der Waals surface area (Å²) >= 11 is 0. The molecule has 1 saturated carbocycles. The molecule has 3 rings (SSSR count). The normalized spacial score (nSPS) is 24.3. The van der Waals surface area contributed by atoms with Gasteiger partial charge in [0.25, 0.3) is 5.91 Å². The second-order valence-electron chi connectivity index (χ2n) is 7.54. The van der Waals surface area contributed by atoms with Crippen LogP contribution >= 0.6 is 0 Å². The fourth-order valence-corrected chi connectivity index (χ4v) is 5.32. The minimum atomic E-state index is -3.63. The SMILES string of the molecule is CN(C1CCCCC1)S(=O)(=O)c1cccc(C(=O)NCC2CNCC2O)c1. The largest absolute Gasteiger partial charge is 0.391 e. The third-order valence-corrected chi connectivity index (χ3v) is 7.60. The zero-order valence-corrected chi connectivity index (χ0v) is 16.5. The molecule has 0 aromatic heterocycles. The fourth-order valence-electron chi connectivity index (χ4n) is 3.86. The molecule has 0 spiro atoms. The molecule has 7 nitrogen and oxygen atoms in total. The minimum Gasteiger partial charge on any atom is -0.391 e. The average Bonchev–Trinajstić information content (AvgIpc) is 3.11. The predicted octanol–water partition coefficient (Wildman–Crippen LogP) is 0.950. The van der Waals surface area contributed by atoms with Gasteiger partial charge in [-0.1, -0.05) is 25.3 Å². The van der Waals surface area contributed by atoms with Crippen LogP contribution in [-0.2, 0) is 10.0 Å². The van der Waals surface area contributed by atoms with E-state index in [1.165, 1.54) is 16.4 Å². The van der Waals surface area contributed by atoms with Crippen LogP contribution in [0.15, 0.2) is 29.2 Å². The first-order valence-corrected chi connectivity index (χ1v) is 11.1. The fraction of sp³-hybridized carbons (Fsp3) is 0.632. The third kappa shape index (κ3) is 4.68. The molecule has 27 heavy (non-hydrogen) atoms. The number of hydrogen-bond acceptors (Lipinski definition) is 5. The number of nitrogens with one attached hydrogen (secondary N) is 2. The van der Waals surface area contributed by atoms with E-state index in [9.17, 15) is 18.3 Å². The number of carbonyl (C=O) groups excluding carboxylic acids is 1. The molecule has 8 heteroatoms. The number of carbonyl (C=O) groups is 1. The molecule has 1 amide bonds. The van der Waals surface area contributed by atoms with Crippen molar-refractivity contribution >= 4 is 15.9 Å². The molecule has 1 saturated heterocycles. The zero-order chi connectivity index (χ0) is 19.4. The Kier molecular flexibility index (Phi) is 6.52. The van der Waals surface area contributed by atoms with Crippen LogP contribution < -0.4 is 10.6 Å². The number of amides is 1. The molecule has 1 heterocycles. The molecule has 2 atom stereocenters. The Labute approximate surface area is 161 Å². The highest BCUT2D eigenvalue weighted by Crippen LogP contribution is 2.26. The highest BCUT2D eigenvalue weighted by Gasteiger charge is 2.30. The second-order valence-corrected chi connectivity index (χ2v) is 9.53. The van der Waals surface area contributed by atoms with Crippen molar-refractivity contribution in [2.45, 2.75) is 49.1 Å². The first-order valence-electron chi connectivity index (χ1n) is 9.64. The number of benzene rings is 1. The van der Waals surface area contributed by atoms with Crippen molar-refractivity contribution in [2.75, 3.05) is 26.7 Å². The van der Waals surface area contributed by atoms with E-state index in [0.717, 1.165) is 32.1 Å². The Bertz CT molecular complexity index is 762. The minimum absolute atomic E-state index is 0.0255. The maximum Gasteiger partial charge on any atom is 0.251 e. The van der Waals surface area contributed by atoms with Gasteiger partial charge < -0.3 is 15.7 Å². The molecule has 150 valence electrons. The van der Waals surface area contributed by atoms with Crippen LogP contribution in [0.3, 0.4) is 0 Å². The van der Waals surface area contributed by atoms with Gasteiger partial charge in [-0.05, 0) is 31.0 Å².